The lowest BCUT2D eigenvalue weighted by atomic mass is 10.1. The Kier molecular flexibility index (Phi) is 4.51. The molecule has 0 unspecified atom stereocenters. The Labute approximate surface area is 151 Å². The van der Waals surface area contributed by atoms with Crippen molar-refractivity contribution in [3.63, 3.8) is 0 Å². The second-order valence-corrected chi connectivity index (χ2v) is 6.13. The molecule has 132 valence electrons. The highest BCUT2D eigenvalue weighted by Crippen LogP contribution is 2.20. The van der Waals surface area contributed by atoms with E-state index in [9.17, 15) is 4.79 Å². The number of nitrogens with one attached hydrogen (secondary N) is 2. The maximum Gasteiger partial charge on any atom is 0.321 e. The molecule has 0 spiro atoms. The molecule has 7 nitrogen and oxygen atoms in total. The minimum absolute atomic E-state index is 0.0728. The quantitative estimate of drug-likeness (QED) is 0.763. The van der Waals surface area contributed by atoms with Gasteiger partial charge in [0.2, 0.25) is 0 Å². The third-order valence-corrected chi connectivity index (χ3v) is 4.49. The maximum absolute atomic E-state index is 12.5. The molecule has 0 atom stereocenters. The third kappa shape index (κ3) is 3.51. The number of hydrogen-bond acceptors (Lipinski definition) is 4. The van der Waals surface area contributed by atoms with Crippen molar-refractivity contribution in [1.82, 2.24) is 19.9 Å². The van der Waals surface area contributed by atoms with E-state index in [0.29, 0.717) is 13.1 Å². The minimum atomic E-state index is -0.0728. The van der Waals surface area contributed by atoms with Crippen LogP contribution in [-0.2, 0) is 0 Å². The first-order chi connectivity index (χ1) is 12.8. The van der Waals surface area contributed by atoms with Crippen LogP contribution in [-0.4, -0.2) is 52.1 Å². The fraction of sp³-hybridized carbons (Fsp3) is 0.211. The lowest BCUT2D eigenvalue weighted by Crippen LogP contribution is -2.50. The van der Waals surface area contributed by atoms with Gasteiger partial charge in [0.25, 0.3) is 0 Å². The number of carbonyl (C=O) groups excluding carboxylic acids is 1. The predicted molar refractivity (Wildman–Crippen MR) is 101 cm³/mol. The van der Waals surface area contributed by atoms with Crippen LogP contribution < -0.4 is 10.2 Å². The number of aromatic nitrogens is 3. The Bertz CT molecular complexity index is 840. The van der Waals surface area contributed by atoms with Crippen molar-refractivity contribution in [3.05, 3.63) is 61.2 Å². The highest BCUT2D eigenvalue weighted by atomic mass is 16.2. The van der Waals surface area contributed by atoms with Crippen LogP contribution in [0.15, 0.2) is 61.2 Å². The number of anilines is 2. The number of rotatable bonds is 3. The molecule has 1 aromatic carbocycles. The number of urea groups is 1. The van der Waals surface area contributed by atoms with Crippen molar-refractivity contribution >= 4 is 17.5 Å². The smallest absolute Gasteiger partial charge is 0.321 e. The SMILES string of the molecule is O=C(Nc1ccc(-c2ccc[nH]2)cc1)N1CCN(c2cnccn2)CC1. The Morgan fingerprint density at radius 1 is 1.04 bits per heavy atom. The summed E-state index contributed by atoms with van der Waals surface area (Å²) in [6, 6.07) is 11.7. The van der Waals surface area contributed by atoms with E-state index in [1.165, 1.54) is 0 Å². The van der Waals surface area contributed by atoms with Gasteiger partial charge in [-0.2, -0.15) is 0 Å². The van der Waals surface area contributed by atoms with Gasteiger partial charge >= 0.3 is 6.03 Å². The molecular weight excluding hydrogens is 328 g/mol. The van der Waals surface area contributed by atoms with E-state index < -0.39 is 0 Å². The predicted octanol–water partition coefficient (Wildman–Crippen LogP) is 2.83. The van der Waals surface area contributed by atoms with E-state index in [2.05, 4.69) is 25.2 Å². The van der Waals surface area contributed by atoms with Gasteiger partial charge in [0.1, 0.15) is 5.82 Å². The number of hydrogen-bond donors (Lipinski definition) is 2. The summed E-state index contributed by atoms with van der Waals surface area (Å²) in [4.78, 5) is 28.0. The molecule has 2 amide bonds. The van der Waals surface area contributed by atoms with Gasteiger partial charge in [-0.1, -0.05) is 12.1 Å². The van der Waals surface area contributed by atoms with Gasteiger partial charge < -0.3 is 20.1 Å². The van der Waals surface area contributed by atoms with Crippen LogP contribution in [0.25, 0.3) is 11.3 Å². The zero-order valence-electron chi connectivity index (χ0n) is 14.3. The number of benzene rings is 1. The van der Waals surface area contributed by atoms with Crippen LogP contribution in [0.5, 0.6) is 0 Å². The van der Waals surface area contributed by atoms with Gasteiger partial charge in [0.15, 0.2) is 0 Å². The topological polar surface area (TPSA) is 77.2 Å². The summed E-state index contributed by atoms with van der Waals surface area (Å²) in [6.45, 7) is 2.81. The van der Waals surface area contributed by atoms with Gasteiger partial charge in [-0.3, -0.25) is 4.98 Å². The Balaban J connectivity index is 1.33. The number of carbonyl (C=O) groups is 1. The lowest BCUT2D eigenvalue weighted by Gasteiger charge is -2.35. The van der Waals surface area contributed by atoms with Crippen LogP contribution >= 0.6 is 0 Å². The van der Waals surface area contributed by atoms with Crippen molar-refractivity contribution in [2.24, 2.45) is 0 Å². The second kappa shape index (κ2) is 7.26. The van der Waals surface area contributed by atoms with Gasteiger partial charge in [-0.05, 0) is 29.8 Å². The molecule has 1 aliphatic heterocycles. The average molecular weight is 348 g/mol. The molecule has 1 aliphatic rings. The van der Waals surface area contributed by atoms with E-state index >= 15 is 0 Å². The molecule has 3 aromatic rings. The molecule has 4 rings (SSSR count). The maximum atomic E-state index is 12.5. The summed E-state index contributed by atoms with van der Waals surface area (Å²) in [7, 11) is 0. The number of amides is 2. The summed E-state index contributed by atoms with van der Waals surface area (Å²) in [5.74, 6) is 0.854. The van der Waals surface area contributed by atoms with Crippen LogP contribution in [0, 0.1) is 0 Å². The molecule has 1 saturated heterocycles. The van der Waals surface area contributed by atoms with Crippen LogP contribution in [0.2, 0.25) is 0 Å². The number of piperazine rings is 1. The number of H-pyrrole nitrogens is 1. The fourth-order valence-corrected chi connectivity index (χ4v) is 3.04. The molecule has 26 heavy (non-hydrogen) atoms. The molecule has 0 saturated carbocycles. The zero-order valence-corrected chi connectivity index (χ0v) is 14.3. The molecule has 1 fully saturated rings. The van der Waals surface area contributed by atoms with Gasteiger partial charge in [-0.15, -0.1) is 0 Å². The van der Waals surface area contributed by atoms with Crippen molar-refractivity contribution < 1.29 is 4.79 Å². The van der Waals surface area contributed by atoms with Crippen LogP contribution in [0.3, 0.4) is 0 Å². The minimum Gasteiger partial charge on any atom is -0.361 e. The van der Waals surface area contributed by atoms with Crippen LogP contribution in [0.4, 0.5) is 16.3 Å². The molecular formula is C19H20N6O. The average Bonchev–Trinajstić information content (AvgIpc) is 3.24. The van der Waals surface area contributed by atoms with E-state index in [1.807, 2.05) is 47.5 Å². The fourth-order valence-electron chi connectivity index (χ4n) is 3.04. The standard InChI is InChI=1S/C19H20N6O/c26-19(23-16-5-3-15(4-6-16)17-2-1-7-21-17)25-12-10-24(11-13-25)18-14-20-8-9-22-18/h1-9,14,21H,10-13H2,(H,23,26). The van der Waals surface area contributed by atoms with E-state index in [-0.39, 0.29) is 6.03 Å². The monoisotopic (exact) mass is 348 g/mol. The molecule has 2 N–H and O–H groups in total. The summed E-state index contributed by atoms with van der Waals surface area (Å²) in [6.07, 6.45) is 6.99. The first-order valence-electron chi connectivity index (χ1n) is 8.60. The summed E-state index contributed by atoms with van der Waals surface area (Å²) < 4.78 is 0. The number of aromatic amines is 1. The largest absolute Gasteiger partial charge is 0.361 e. The highest BCUT2D eigenvalue weighted by Gasteiger charge is 2.22. The number of nitrogens with zero attached hydrogens (tertiary/aromatic N) is 4. The normalized spacial score (nSPS) is 14.3. The highest BCUT2D eigenvalue weighted by molar-refractivity contribution is 5.89. The Morgan fingerprint density at radius 2 is 1.85 bits per heavy atom. The Morgan fingerprint density at radius 3 is 2.50 bits per heavy atom. The van der Waals surface area contributed by atoms with Crippen molar-refractivity contribution in [3.8, 4) is 11.3 Å². The second-order valence-electron chi connectivity index (χ2n) is 6.13. The van der Waals surface area contributed by atoms with Gasteiger partial charge in [0, 0.05) is 56.2 Å². The molecule has 0 aliphatic carbocycles. The molecule has 3 heterocycles. The van der Waals surface area contributed by atoms with Crippen molar-refractivity contribution in [2.45, 2.75) is 0 Å². The molecule has 7 heteroatoms. The lowest BCUT2D eigenvalue weighted by molar-refractivity contribution is 0.208. The summed E-state index contributed by atoms with van der Waals surface area (Å²) >= 11 is 0. The molecule has 2 aromatic heterocycles. The molecule has 0 radical (unpaired) electrons. The molecule has 0 bridgehead atoms. The van der Waals surface area contributed by atoms with E-state index in [1.54, 1.807) is 18.6 Å². The van der Waals surface area contributed by atoms with Crippen molar-refractivity contribution in [1.29, 1.82) is 0 Å². The van der Waals surface area contributed by atoms with Crippen molar-refractivity contribution in [2.75, 3.05) is 36.4 Å². The van der Waals surface area contributed by atoms with Gasteiger partial charge in [0.05, 0.1) is 6.20 Å². The van der Waals surface area contributed by atoms with Crippen LogP contribution in [0.1, 0.15) is 0 Å². The van der Waals surface area contributed by atoms with Gasteiger partial charge in [-0.25, -0.2) is 9.78 Å². The first-order valence-corrected chi connectivity index (χ1v) is 8.60. The summed E-state index contributed by atoms with van der Waals surface area (Å²) in [5, 5.41) is 2.97. The summed E-state index contributed by atoms with van der Waals surface area (Å²) in [5.41, 5.74) is 2.94. The zero-order chi connectivity index (χ0) is 17.8. The van der Waals surface area contributed by atoms with E-state index in [4.69, 9.17) is 0 Å². The first kappa shape index (κ1) is 16.1. The van der Waals surface area contributed by atoms with E-state index in [0.717, 1.165) is 35.9 Å². The Hall–Kier alpha value is -3.35. The third-order valence-electron chi connectivity index (χ3n) is 4.49.